The average molecular weight is 465 g/mol. The molecular formula is C17H32IN5S. The summed E-state index contributed by atoms with van der Waals surface area (Å²) < 4.78 is 0. The van der Waals surface area contributed by atoms with Crippen LogP contribution >= 0.6 is 35.3 Å². The van der Waals surface area contributed by atoms with Crippen LogP contribution in [0.25, 0.3) is 0 Å². The molecule has 0 aliphatic carbocycles. The molecule has 1 aliphatic heterocycles. The summed E-state index contributed by atoms with van der Waals surface area (Å²) in [4.78, 5) is 12.7. The van der Waals surface area contributed by atoms with E-state index in [2.05, 4.69) is 53.2 Å². The third kappa shape index (κ3) is 6.84. The highest BCUT2D eigenvalue weighted by Crippen LogP contribution is 2.16. The number of hydrogen-bond acceptors (Lipinski definition) is 4. The Morgan fingerprint density at radius 1 is 1.33 bits per heavy atom. The Kier molecular flexibility index (Phi) is 9.51. The molecule has 0 saturated carbocycles. The van der Waals surface area contributed by atoms with Crippen molar-refractivity contribution in [3.8, 4) is 0 Å². The summed E-state index contributed by atoms with van der Waals surface area (Å²) >= 11 is 1.76. The summed E-state index contributed by atoms with van der Waals surface area (Å²) in [5.74, 6) is 1.65. The monoisotopic (exact) mass is 465 g/mol. The van der Waals surface area contributed by atoms with Gasteiger partial charge in [0.05, 0.1) is 17.2 Å². The molecule has 138 valence electrons. The number of aryl methyl sites for hydroxylation is 2. The number of thiazole rings is 1. The SMILES string of the molecule is CN=C(NCc1sc(C)nc1C)NC1CCN(CC(C)C)CC1.I. The second-order valence-corrected chi connectivity index (χ2v) is 8.07. The first kappa shape index (κ1) is 21.6. The maximum absolute atomic E-state index is 4.48. The molecule has 2 N–H and O–H groups in total. The van der Waals surface area contributed by atoms with Gasteiger partial charge in [0, 0.05) is 37.6 Å². The van der Waals surface area contributed by atoms with E-state index in [0.29, 0.717) is 6.04 Å². The van der Waals surface area contributed by atoms with Crippen LogP contribution in [0.5, 0.6) is 0 Å². The number of piperidine rings is 1. The molecular weight excluding hydrogens is 433 g/mol. The van der Waals surface area contributed by atoms with Crippen molar-refractivity contribution in [3.63, 3.8) is 0 Å². The summed E-state index contributed by atoms with van der Waals surface area (Å²) in [6.45, 7) is 13.1. The fourth-order valence-electron chi connectivity index (χ4n) is 3.07. The molecule has 1 aromatic heterocycles. The van der Waals surface area contributed by atoms with E-state index >= 15 is 0 Å². The second kappa shape index (κ2) is 10.6. The van der Waals surface area contributed by atoms with Gasteiger partial charge in [0.25, 0.3) is 0 Å². The standard InChI is InChI=1S/C17H31N5S.HI/c1-12(2)11-22-8-6-15(7-9-22)21-17(18-5)19-10-16-13(3)20-14(4)23-16;/h12,15H,6-11H2,1-5H3,(H2,18,19,21);1H. The van der Waals surface area contributed by atoms with Crippen molar-refractivity contribution in [2.75, 3.05) is 26.7 Å². The molecule has 1 aromatic rings. The lowest BCUT2D eigenvalue weighted by atomic mass is 10.0. The third-order valence-electron chi connectivity index (χ3n) is 4.19. The number of hydrogen-bond donors (Lipinski definition) is 2. The van der Waals surface area contributed by atoms with E-state index in [1.807, 2.05) is 7.05 Å². The number of likely N-dealkylation sites (tertiary alicyclic amines) is 1. The quantitative estimate of drug-likeness (QED) is 0.399. The van der Waals surface area contributed by atoms with Crippen molar-refractivity contribution in [1.29, 1.82) is 0 Å². The zero-order valence-electron chi connectivity index (χ0n) is 15.6. The molecule has 24 heavy (non-hydrogen) atoms. The van der Waals surface area contributed by atoms with Crippen LogP contribution in [0, 0.1) is 19.8 Å². The predicted molar refractivity (Wildman–Crippen MR) is 115 cm³/mol. The summed E-state index contributed by atoms with van der Waals surface area (Å²) in [7, 11) is 1.84. The van der Waals surface area contributed by atoms with Gasteiger partial charge in [-0.25, -0.2) is 4.98 Å². The summed E-state index contributed by atoms with van der Waals surface area (Å²) in [5, 5.41) is 8.12. The Hall–Kier alpha value is -0.410. The molecule has 1 saturated heterocycles. The van der Waals surface area contributed by atoms with Crippen molar-refractivity contribution < 1.29 is 0 Å². The molecule has 7 heteroatoms. The van der Waals surface area contributed by atoms with Gasteiger partial charge < -0.3 is 15.5 Å². The molecule has 0 radical (unpaired) electrons. The van der Waals surface area contributed by atoms with Crippen molar-refractivity contribution in [1.82, 2.24) is 20.5 Å². The van der Waals surface area contributed by atoms with Gasteiger partial charge in [-0.05, 0) is 32.6 Å². The van der Waals surface area contributed by atoms with Crippen molar-refractivity contribution in [2.45, 2.75) is 53.1 Å². The van der Waals surface area contributed by atoms with Crippen LogP contribution in [-0.2, 0) is 6.54 Å². The lowest BCUT2D eigenvalue weighted by Gasteiger charge is -2.33. The molecule has 0 atom stereocenters. The first-order valence-corrected chi connectivity index (χ1v) is 9.42. The molecule has 0 amide bonds. The fraction of sp³-hybridized carbons (Fsp3) is 0.765. The topological polar surface area (TPSA) is 52.6 Å². The minimum Gasteiger partial charge on any atom is -0.354 e. The third-order valence-corrected chi connectivity index (χ3v) is 5.26. The van der Waals surface area contributed by atoms with Gasteiger partial charge in [-0.2, -0.15) is 0 Å². The van der Waals surface area contributed by atoms with E-state index in [1.165, 1.54) is 37.4 Å². The van der Waals surface area contributed by atoms with E-state index in [1.54, 1.807) is 11.3 Å². The van der Waals surface area contributed by atoms with Gasteiger partial charge in [-0.3, -0.25) is 4.99 Å². The van der Waals surface area contributed by atoms with Crippen LogP contribution < -0.4 is 10.6 Å². The van der Waals surface area contributed by atoms with Crippen LogP contribution in [0.2, 0.25) is 0 Å². The molecule has 0 aromatic carbocycles. The lowest BCUT2D eigenvalue weighted by Crippen LogP contribution is -2.48. The van der Waals surface area contributed by atoms with Crippen LogP contribution in [0.15, 0.2) is 4.99 Å². The number of rotatable bonds is 5. The van der Waals surface area contributed by atoms with E-state index in [0.717, 1.165) is 29.1 Å². The Balaban J connectivity index is 0.00000288. The van der Waals surface area contributed by atoms with Crippen LogP contribution in [-0.4, -0.2) is 48.6 Å². The minimum atomic E-state index is 0. The smallest absolute Gasteiger partial charge is 0.191 e. The van der Waals surface area contributed by atoms with Gasteiger partial charge in [0.15, 0.2) is 5.96 Å². The largest absolute Gasteiger partial charge is 0.354 e. The van der Waals surface area contributed by atoms with Crippen LogP contribution in [0.4, 0.5) is 0 Å². The fourth-order valence-corrected chi connectivity index (χ4v) is 3.94. The van der Waals surface area contributed by atoms with Gasteiger partial charge in [-0.1, -0.05) is 13.8 Å². The average Bonchev–Trinajstić information content (AvgIpc) is 2.82. The normalized spacial score (nSPS) is 17.0. The Bertz CT molecular complexity index is 521. The van der Waals surface area contributed by atoms with Gasteiger partial charge in [0.1, 0.15) is 0 Å². The lowest BCUT2D eigenvalue weighted by molar-refractivity contribution is 0.187. The molecule has 1 fully saturated rings. The van der Waals surface area contributed by atoms with Gasteiger partial charge in [0.2, 0.25) is 0 Å². The van der Waals surface area contributed by atoms with Gasteiger partial charge >= 0.3 is 0 Å². The zero-order chi connectivity index (χ0) is 16.8. The molecule has 5 nitrogen and oxygen atoms in total. The number of nitrogens with one attached hydrogen (secondary N) is 2. The molecule has 0 unspecified atom stereocenters. The first-order valence-electron chi connectivity index (χ1n) is 8.60. The van der Waals surface area contributed by atoms with E-state index in [-0.39, 0.29) is 24.0 Å². The van der Waals surface area contributed by atoms with Crippen molar-refractivity contribution >= 4 is 41.3 Å². The zero-order valence-corrected chi connectivity index (χ0v) is 18.7. The molecule has 1 aliphatic rings. The Labute approximate surface area is 167 Å². The predicted octanol–water partition coefficient (Wildman–Crippen LogP) is 3.16. The first-order chi connectivity index (χ1) is 11.0. The summed E-state index contributed by atoms with van der Waals surface area (Å²) in [6, 6.07) is 0.522. The number of aromatic nitrogens is 1. The minimum absolute atomic E-state index is 0. The number of guanidine groups is 1. The second-order valence-electron chi connectivity index (χ2n) is 6.78. The summed E-state index contributed by atoms with van der Waals surface area (Å²) in [5.41, 5.74) is 1.12. The van der Waals surface area contributed by atoms with E-state index in [4.69, 9.17) is 0 Å². The van der Waals surface area contributed by atoms with Crippen molar-refractivity contribution in [3.05, 3.63) is 15.6 Å². The van der Waals surface area contributed by atoms with Crippen LogP contribution in [0.3, 0.4) is 0 Å². The molecule has 0 spiro atoms. The molecule has 2 heterocycles. The molecule has 2 rings (SSSR count). The summed E-state index contributed by atoms with van der Waals surface area (Å²) in [6.07, 6.45) is 2.37. The Morgan fingerprint density at radius 3 is 2.50 bits per heavy atom. The molecule has 0 bridgehead atoms. The van der Waals surface area contributed by atoms with Crippen LogP contribution in [0.1, 0.15) is 42.3 Å². The van der Waals surface area contributed by atoms with Crippen molar-refractivity contribution in [2.24, 2.45) is 10.9 Å². The maximum atomic E-state index is 4.48. The van der Waals surface area contributed by atoms with E-state index < -0.39 is 0 Å². The number of nitrogens with zero attached hydrogens (tertiary/aromatic N) is 3. The van der Waals surface area contributed by atoms with E-state index in [9.17, 15) is 0 Å². The maximum Gasteiger partial charge on any atom is 0.191 e. The number of halogens is 1. The number of aliphatic imine (C=N–C) groups is 1. The highest BCUT2D eigenvalue weighted by molar-refractivity contribution is 14.0. The highest BCUT2D eigenvalue weighted by Gasteiger charge is 2.20. The highest BCUT2D eigenvalue weighted by atomic mass is 127. The Morgan fingerprint density at radius 2 is 2.00 bits per heavy atom. The van der Waals surface area contributed by atoms with Gasteiger partial charge in [-0.15, -0.1) is 35.3 Å².